The number of benzene rings is 1. The van der Waals surface area contributed by atoms with Crippen LogP contribution in [0.4, 0.5) is 5.00 Å². The lowest BCUT2D eigenvalue weighted by atomic mass is 10.1. The fourth-order valence-electron chi connectivity index (χ4n) is 4.29. The molecule has 8 heteroatoms. The van der Waals surface area contributed by atoms with E-state index in [1.54, 1.807) is 0 Å². The number of carbonyl (C=O) groups is 2. The molecule has 2 aromatic rings. The molecule has 6 nitrogen and oxygen atoms in total. The molecule has 1 atom stereocenters. The number of hydrogen-bond acceptors (Lipinski definition) is 5. The highest BCUT2D eigenvalue weighted by molar-refractivity contribution is 7.17. The summed E-state index contributed by atoms with van der Waals surface area (Å²) < 4.78 is 0. The molecule has 160 valence electrons. The van der Waals surface area contributed by atoms with Crippen LogP contribution >= 0.6 is 22.9 Å². The van der Waals surface area contributed by atoms with E-state index in [0.717, 1.165) is 62.6 Å². The smallest absolute Gasteiger partial charge is 0.251 e. The Bertz CT molecular complexity index is 935. The van der Waals surface area contributed by atoms with Gasteiger partial charge in [0.2, 0.25) is 5.91 Å². The van der Waals surface area contributed by atoms with Crippen molar-refractivity contribution in [2.75, 3.05) is 31.5 Å². The van der Waals surface area contributed by atoms with E-state index in [-0.39, 0.29) is 11.9 Å². The second-order valence-electron chi connectivity index (χ2n) is 8.03. The summed E-state index contributed by atoms with van der Waals surface area (Å²) in [6.07, 6.45) is 2.87. The van der Waals surface area contributed by atoms with Crippen molar-refractivity contribution in [3.05, 3.63) is 50.9 Å². The first-order valence-electron chi connectivity index (χ1n) is 10.4. The van der Waals surface area contributed by atoms with E-state index in [1.165, 1.54) is 21.8 Å². The summed E-state index contributed by atoms with van der Waals surface area (Å²) in [5, 5.41) is 4.35. The molecule has 3 N–H and O–H groups in total. The van der Waals surface area contributed by atoms with Gasteiger partial charge in [-0.2, -0.15) is 0 Å². The summed E-state index contributed by atoms with van der Waals surface area (Å²) in [6, 6.07) is 7.68. The molecule has 0 saturated carbocycles. The Morgan fingerprint density at radius 3 is 2.53 bits per heavy atom. The van der Waals surface area contributed by atoms with Crippen molar-refractivity contribution in [3.8, 4) is 0 Å². The van der Waals surface area contributed by atoms with Gasteiger partial charge in [0.15, 0.2) is 0 Å². The van der Waals surface area contributed by atoms with E-state index in [9.17, 15) is 9.59 Å². The number of hydrogen-bond donors (Lipinski definition) is 2. The zero-order chi connectivity index (χ0) is 21.3. The van der Waals surface area contributed by atoms with E-state index in [2.05, 4.69) is 27.2 Å². The first-order chi connectivity index (χ1) is 14.4. The summed E-state index contributed by atoms with van der Waals surface area (Å²) >= 11 is 7.46. The van der Waals surface area contributed by atoms with E-state index >= 15 is 0 Å². The third kappa shape index (κ3) is 4.54. The Labute approximate surface area is 186 Å². The first kappa shape index (κ1) is 21.3. The van der Waals surface area contributed by atoms with Crippen molar-refractivity contribution in [1.82, 2.24) is 9.80 Å². The van der Waals surface area contributed by atoms with E-state index in [0.29, 0.717) is 10.6 Å². The van der Waals surface area contributed by atoms with Gasteiger partial charge in [-0.15, -0.1) is 11.3 Å². The molecule has 0 bridgehead atoms. The molecule has 1 aliphatic carbocycles. The Balaban J connectivity index is 1.33. The standard InChI is InChI=1S/C22H27ClN4O2S/c1-14(21(29)25-22-19(20(24)28)17-3-2-4-18(17)30-22)27-11-9-26(10-12-27)13-15-5-7-16(23)8-6-15/h5-8,14H,2-4,9-13H2,1H3,(H2,24,28)(H,25,29). The van der Waals surface area contributed by atoms with Crippen molar-refractivity contribution in [1.29, 1.82) is 0 Å². The monoisotopic (exact) mass is 446 g/mol. The highest BCUT2D eigenvalue weighted by Gasteiger charge is 2.29. The number of nitrogens with zero attached hydrogens (tertiary/aromatic N) is 2. The van der Waals surface area contributed by atoms with Gasteiger partial charge in [0, 0.05) is 42.6 Å². The Morgan fingerprint density at radius 2 is 1.87 bits per heavy atom. The zero-order valence-electron chi connectivity index (χ0n) is 17.1. The number of halogens is 1. The molecule has 1 unspecified atom stereocenters. The Kier molecular flexibility index (Phi) is 6.43. The second-order valence-corrected chi connectivity index (χ2v) is 9.57. The van der Waals surface area contributed by atoms with Crippen LogP contribution < -0.4 is 11.1 Å². The molecular weight excluding hydrogens is 420 g/mol. The van der Waals surface area contributed by atoms with Gasteiger partial charge in [-0.25, -0.2) is 0 Å². The van der Waals surface area contributed by atoms with Gasteiger partial charge in [-0.1, -0.05) is 23.7 Å². The SMILES string of the molecule is CC(C(=O)Nc1sc2c(c1C(N)=O)CCC2)N1CCN(Cc2ccc(Cl)cc2)CC1. The number of amides is 2. The predicted molar refractivity (Wildman–Crippen MR) is 121 cm³/mol. The molecule has 30 heavy (non-hydrogen) atoms. The summed E-state index contributed by atoms with van der Waals surface area (Å²) in [7, 11) is 0. The Hall–Kier alpha value is -1.93. The van der Waals surface area contributed by atoms with Crippen LogP contribution in [0, 0.1) is 0 Å². The number of fused-ring (bicyclic) bond motifs is 1. The molecule has 4 rings (SSSR count). The minimum absolute atomic E-state index is 0.0800. The van der Waals surface area contributed by atoms with Crippen molar-refractivity contribution in [2.45, 2.75) is 38.8 Å². The summed E-state index contributed by atoms with van der Waals surface area (Å²) in [5.41, 5.74) is 8.39. The third-order valence-corrected chi connectivity index (χ3v) is 7.52. The van der Waals surface area contributed by atoms with Crippen LogP contribution in [0.3, 0.4) is 0 Å². The predicted octanol–water partition coefficient (Wildman–Crippen LogP) is 3.13. The van der Waals surface area contributed by atoms with Gasteiger partial charge in [-0.3, -0.25) is 19.4 Å². The number of nitrogens with one attached hydrogen (secondary N) is 1. The Morgan fingerprint density at radius 1 is 1.17 bits per heavy atom. The normalized spacial score (nSPS) is 18.2. The van der Waals surface area contributed by atoms with E-state index < -0.39 is 5.91 Å². The third-order valence-electron chi connectivity index (χ3n) is 6.06. The highest BCUT2D eigenvalue weighted by atomic mass is 35.5. The lowest BCUT2D eigenvalue weighted by Crippen LogP contribution is -2.52. The number of primary amides is 1. The first-order valence-corrected chi connectivity index (χ1v) is 11.6. The highest BCUT2D eigenvalue weighted by Crippen LogP contribution is 2.38. The van der Waals surface area contributed by atoms with Gasteiger partial charge >= 0.3 is 0 Å². The number of nitrogens with two attached hydrogens (primary N) is 1. The molecular formula is C22H27ClN4O2S. The fraction of sp³-hybridized carbons (Fsp3) is 0.455. The fourth-order valence-corrected chi connectivity index (χ4v) is 5.72. The van der Waals surface area contributed by atoms with Crippen LogP contribution in [0.2, 0.25) is 5.02 Å². The summed E-state index contributed by atoms with van der Waals surface area (Å²) in [5.74, 6) is -0.531. The average Bonchev–Trinajstić information content (AvgIpc) is 3.30. The van der Waals surface area contributed by atoms with Crippen LogP contribution in [0.1, 0.15) is 39.7 Å². The van der Waals surface area contributed by atoms with E-state index in [1.807, 2.05) is 19.1 Å². The van der Waals surface area contributed by atoms with Gasteiger partial charge in [0.05, 0.1) is 11.6 Å². The number of rotatable bonds is 6. The van der Waals surface area contributed by atoms with Gasteiger partial charge in [-0.05, 0) is 49.4 Å². The van der Waals surface area contributed by atoms with Crippen LogP contribution in [0.15, 0.2) is 24.3 Å². The maximum Gasteiger partial charge on any atom is 0.251 e. The number of aryl methyl sites for hydroxylation is 1. The minimum atomic E-state index is -0.451. The molecule has 0 radical (unpaired) electrons. The zero-order valence-corrected chi connectivity index (χ0v) is 18.7. The average molecular weight is 447 g/mol. The topological polar surface area (TPSA) is 78.7 Å². The molecule has 2 heterocycles. The largest absolute Gasteiger partial charge is 0.365 e. The molecule has 0 spiro atoms. The van der Waals surface area contributed by atoms with Crippen molar-refractivity contribution in [2.24, 2.45) is 5.73 Å². The number of carbonyl (C=O) groups excluding carboxylic acids is 2. The van der Waals surface area contributed by atoms with Crippen LogP contribution in [0.25, 0.3) is 0 Å². The number of piperazine rings is 1. The van der Waals surface area contributed by atoms with E-state index in [4.69, 9.17) is 17.3 Å². The molecule has 1 saturated heterocycles. The van der Waals surface area contributed by atoms with Gasteiger partial charge in [0.25, 0.3) is 5.91 Å². The molecule has 1 aliphatic heterocycles. The second kappa shape index (κ2) is 9.06. The summed E-state index contributed by atoms with van der Waals surface area (Å²) in [6.45, 7) is 6.27. The maximum absolute atomic E-state index is 12.9. The maximum atomic E-state index is 12.9. The van der Waals surface area contributed by atoms with Crippen molar-refractivity contribution >= 4 is 39.8 Å². The van der Waals surface area contributed by atoms with Crippen LogP contribution in [-0.2, 0) is 24.2 Å². The summed E-state index contributed by atoms with van der Waals surface area (Å²) in [4.78, 5) is 30.6. The van der Waals surface area contributed by atoms with Crippen LogP contribution in [0.5, 0.6) is 0 Å². The molecule has 2 aliphatic rings. The lowest BCUT2D eigenvalue weighted by Gasteiger charge is -2.37. The van der Waals surface area contributed by atoms with Crippen molar-refractivity contribution in [3.63, 3.8) is 0 Å². The number of thiophene rings is 1. The van der Waals surface area contributed by atoms with Gasteiger partial charge in [0.1, 0.15) is 5.00 Å². The molecule has 1 aromatic heterocycles. The van der Waals surface area contributed by atoms with Gasteiger partial charge < -0.3 is 11.1 Å². The lowest BCUT2D eigenvalue weighted by molar-refractivity contribution is -0.121. The molecule has 1 fully saturated rings. The molecule has 1 aromatic carbocycles. The number of anilines is 1. The molecule has 2 amide bonds. The van der Waals surface area contributed by atoms with Crippen molar-refractivity contribution < 1.29 is 9.59 Å². The van der Waals surface area contributed by atoms with Crippen LogP contribution in [-0.4, -0.2) is 53.8 Å². The quantitative estimate of drug-likeness (QED) is 0.714. The minimum Gasteiger partial charge on any atom is -0.365 e.